The monoisotopic (exact) mass is 681 g/mol. The molecule has 1 atom stereocenters. The number of sulfonamides is 1. The Labute approximate surface area is 279 Å². The van der Waals surface area contributed by atoms with Gasteiger partial charge in [0.15, 0.2) is 0 Å². The summed E-state index contributed by atoms with van der Waals surface area (Å²) in [5.41, 5.74) is 1.40. The Morgan fingerprint density at radius 1 is 0.848 bits per heavy atom. The molecule has 0 aliphatic heterocycles. The van der Waals surface area contributed by atoms with Crippen molar-refractivity contribution in [1.82, 2.24) is 10.2 Å². The zero-order chi connectivity index (χ0) is 32.7. The summed E-state index contributed by atoms with van der Waals surface area (Å²) in [7, 11) is -4.33. The minimum Gasteiger partial charge on any atom is -0.352 e. The molecule has 1 unspecified atom stereocenters. The maximum Gasteiger partial charge on any atom is 0.264 e. The molecule has 7 nitrogen and oxygen atoms in total. The van der Waals surface area contributed by atoms with Crippen molar-refractivity contribution in [3.63, 3.8) is 0 Å². The molecule has 4 aromatic carbocycles. The first-order valence-electron chi connectivity index (χ1n) is 15.0. The highest BCUT2D eigenvalue weighted by Crippen LogP contribution is 2.33. The Hall–Kier alpha value is -3.92. The SMILES string of the molecule is O=C(NC1CCCC1)C(Cc1ccccc1)N(Cc1ccc(F)cc1)C(=O)CN(c1cc(Cl)ccc1Cl)S(=O)(=O)c1ccccc1. The molecule has 0 spiro atoms. The van der Waals surface area contributed by atoms with Gasteiger partial charge in [-0.3, -0.25) is 13.9 Å². The van der Waals surface area contributed by atoms with Crippen LogP contribution in [-0.2, 0) is 32.6 Å². The van der Waals surface area contributed by atoms with Crippen LogP contribution in [0.1, 0.15) is 36.8 Å². The topological polar surface area (TPSA) is 86.8 Å². The van der Waals surface area contributed by atoms with Gasteiger partial charge in [-0.15, -0.1) is 0 Å². The molecule has 11 heteroatoms. The van der Waals surface area contributed by atoms with E-state index in [1.807, 2.05) is 30.3 Å². The van der Waals surface area contributed by atoms with Crippen LogP contribution in [0.25, 0.3) is 0 Å². The fraction of sp³-hybridized carbons (Fsp3) is 0.257. The molecule has 0 radical (unpaired) electrons. The number of carbonyl (C=O) groups is 2. The van der Waals surface area contributed by atoms with Crippen molar-refractivity contribution in [2.45, 2.75) is 55.6 Å². The third-order valence-corrected chi connectivity index (χ3v) is 10.4. The highest BCUT2D eigenvalue weighted by Gasteiger charge is 2.36. The quantitative estimate of drug-likeness (QED) is 0.174. The highest BCUT2D eigenvalue weighted by atomic mass is 35.5. The third-order valence-electron chi connectivity index (χ3n) is 8.03. The van der Waals surface area contributed by atoms with Crippen molar-refractivity contribution in [3.8, 4) is 0 Å². The van der Waals surface area contributed by atoms with Crippen LogP contribution < -0.4 is 9.62 Å². The summed E-state index contributed by atoms with van der Waals surface area (Å²) in [6.07, 6.45) is 3.85. The number of amides is 2. The summed E-state index contributed by atoms with van der Waals surface area (Å²) in [6.45, 7) is -0.752. The second-order valence-electron chi connectivity index (χ2n) is 11.3. The predicted octanol–water partition coefficient (Wildman–Crippen LogP) is 7.03. The number of halogens is 3. The second kappa shape index (κ2) is 15.1. The van der Waals surface area contributed by atoms with Crippen molar-refractivity contribution in [1.29, 1.82) is 0 Å². The summed E-state index contributed by atoms with van der Waals surface area (Å²) in [6, 6.07) is 26.0. The van der Waals surface area contributed by atoms with E-state index < -0.39 is 34.3 Å². The van der Waals surface area contributed by atoms with Gasteiger partial charge in [0.25, 0.3) is 10.0 Å². The molecule has 0 bridgehead atoms. The van der Waals surface area contributed by atoms with Gasteiger partial charge in [-0.2, -0.15) is 0 Å². The molecular formula is C35H34Cl2FN3O4S. The molecule has 0 heterocycles. The Kier molecular flexibility index (Phi) is 11.0. The highest BCUT2D eigenvalue weighted by molar-refractivity contribution is 7.92. The molecular weight excluding hydrogens is 648 g/mol. The minimum absolute atomic E-state index is 0.0168. The first kappa shape index (κ1) is 33.4. The molecule has 4 aromatic rings. The van der Waals surface area contributed by atoms with Crippen LogP contribution >= 0.6 is 23.2 Å². The van der Waals surface area contributed by atoms with Crippen LogP contribution in [0.4, 0.5) is 10.1 Å². The zero-order valence-electron chi connectivity index (χ0n) is 25.0. The van der Waals surface area contributed by atoms with E-state index in [0.29, 0.717) is 5.56 Å². The van der Waals surface area contributed by atoms with Crippen molar-refractivity contribution in [3.05, 3.63) is 130 Å². The number of carbonyl (C=O) groups excluding carboxylic acids is 2. The molecule has 0 aromatic heterocycles. The average molecular weight is 683 g/mol. The number of nitrogens with zero attached hydrogens (tertiary/aromatic N) is 2. The summed E-state index contributed by atoms with van der Waals surface area (Å²) in [5.74, 6) is -1.44. The first-order chi connectivity index (χ1) is 22.1. The Morgan fingerprint density at radius 3 is 2.13 bits per heavy atom. The lowest BCUT2D eigenvalue weighted by molar-refractivity contribution is -0.140. The van der Waals surface area contributed by atoms with Crippen LogP contribution in [0.5, 0.6) is 0 Å². The number of hydrogen-bond donors (Lipinski definition) is 1. The van der Waals surface area contributed by atoms with Gasteiger partial charge < -0.3 is 10.2 Å². The van der Waals surface area contributed by atoms with Crippen molar-refractivity contribution in [2.24, 2.45) is 0 Å². The van der Waals surface area contributed by atoms with Gasteiger partial charge in [-0.05, 0) is 66.4 Å². The fourth-order valence-electron chi connectivity index (χ4n) is 5.62. The summed E-state index contributed by atoms with van der Waals surface area (Å²) in [5, 5.41) is 3.42. The molecule has 1 saturated carbocycles. The fourth-order valence-corrected chi connectivity index (χ4v) is 7.50. The van der Waals surface area contributed by atoms with E-state index >= 15 is 0 Å². The number of benzene rings is 4. The molecule has 46 heavy (non-hydrogen) atoms. The largest absolute Gasteiger partial charge is 0.352 e. The second-order valence-corrected chi connectivity index (χ2v) is 14.0. The van der Waals surface area contributed by atoms with Crippen molar-refractivity contribution >= 4 is 50.7 Å². The maximum atomic E-state index is 14.5. The molecule has 1 aliphatic carbocycles. The minimum atomic E-state index is -4.33. The number of anilines is 1. The molecule has 240 valence electrons. The lowest BCUT2D eigenvalue weighted by Gasteiger charge is -2.34. The van der Waals surface area contributed by atoms with E-state index in [0.717, 1.165) is 35.6 Å². The van der Waals surface area contributed by atoms with Crippen LogP contribution in [0, 0.1) is 5.82 Å². The van der Waals surface area contributed by atoms with Gasteiger partial charge >= 0.3 is 0 Å². The Bertz CT molecular complexity index is 1750. The number of nitrogens with one attached hydrogen (secondary N) is 1. The predicted molar refractivity (Wildman–Crippen MR) is 179 cm³/mol. The lowest BCUT2D eigenvalue weighted by atomic mass is 10.0. The normalized spacial score (nSPS) is 14.1. The number of hydrogen-bond acceptors (Lipinski definition) is 4. The lowest BCUT2D eigenvalue weighted by Crippen LogP contribution is -2.54. The van der Waals surface area contributed by atoms with Gasteiger partial charge in [-0.25, -0.2) is 12.8 Å². The summed E-state index contributed by atoms with van der Waals surface area (Å²) < 4.78 is 43.0. The van der Waals surface area contributed by atoms with Crippen molar-refractivity contribution in [2.75, 3.05) is 10.8 Å². The van der Waals surface area contributed by atoms with E-state index in [-0.39, 0.29) is 45.5 Å². The summed E-state index contributed by atoms with van der Waals surface area (Å²) in [4.78, 5) is 29.9. The molecule has 1 N–H and O–H groups in total. The van der Waals surface area contributed by atoms with Crippen LogP contribution in [-0.4, -0.2) is 43.8 Å². The Balaban J connectivity index is 1.58. The van der Waals surface area contributed by atoms with Gasteiger partial charge in [0.1, 0.15) is 18.4 Å². The summed E-state index contributed by atoms with van der Waals surface area (Å²) >= 11 is 12.8. The van der Waals surface area contributed by atoms with E-state index in [4.69, 9.17) is 23.2 Å². The van der Waals surface area contributed by atoms with E-state index in [9.17, 15) is 22.4 Å². The third kappa shape index (κ3) is 8.26. The van der Waals surface area contributed by atoms with Crippen LogP contribution in [0.3, 0.4) is 0 Å². The van der Waals surface area contributed by atoms with Gasteiger partial charge in [-0.1, -0.05) is 96.7 Å². The average Bonchev–Trinajstić information content (AvgIpc) is 3.57. The van der Waals surface area contributed by atoms with Gasteiger partial charge in [0, 0.05) is 24.0 Å². The van der Waals surface area contributed by atoms with Crippen molar-refractivity contribution < 1.29 is 22.4 Å². The van der Waals surface area contributed by atoms with Gasteiger partial charge in [0.05, 0.1) is 15.6 Å². The maximum absolute atomic E-state index is 14.5. The molecule has 1 aliphatic rings. The molecule has 2 amide bonds. The van der Waals surface area contributed by atoms with E-state index in [2.05, 4.69) is 5.32 Å². The van der Waals surface area contributed by atoms with E-state index in [1.165, 1.54) is 59.5 Å². The Morgan fingerprint density at radius 2 is 1.48 bits per heavy atom. The smallest absolute Gasteiger partial charge is 0.264 e. The standard InChI is InChI=1S/C35H34Cl2FN3O4S/c36-27-17-20-31(37)32(22-27)41(46(44,45)30-13-5-2-6-14-30)24-34(42)40(23-26-15-18-28(38)19-16-26)33(21-25-9-3-1-4-10-25)35(43)39-29-11-7-8-12-29/h1-6,9-10,13-20,22,29,33H,7-8,11-12,21,23-24H2,(H,39,43). The van der Waals surface area contributed by atoms with Crippen LogP contribution in [0.2, 0.25) is 10.0 Å². The molecule has 5 rings (SSSR count). The van der Waals surface area contributed by atoms with Gasteiger partial charge in [0.2, 0.25) is 11.8 Å². The zero-order valence-corrected chi connectivity index (χ0v) is 27.3. The first-order valence-corrected chi connectivity index (χ1v) is 17.2. The van der Waals surface area contributed by atoms with E-state index in [1.54, 1.807) is 18.2 Å². The molecule has 0 saturated heterocycles. The van der Waals surface area contributed by atoms with Crippen LogP contribution in [0.15, 0.2) is 108 Å². The molecule has 1 fully saturated rings. The number of rotatable bonds is 12.